The number of rotatable bonds is 2. The number of nitrogens with two attached hydrogens (primary N) is 1. The smallest absolute Gasteiger partial charge is 0.381 e. The van der Waals surface area contributed by atoms with Gasteiger partial charge >= 0.3 is 6.18 Å². The number of aromatic nitrogens is 1. The van der Waals surface area contributed by atoms with Crippen molar-refractivity contribution in [3.63, 3.8) is 0 Å². The lowest BCUT2D eigenvalue weighted by molar-refractivity contribution is -0.182. The molecule has 0 bridgehead atoms. The van der Waals surface area contributed by atoms with Gasteiger partial charge in [-0.25, -0.2) is 0 Å². The Balaban J connectivity index is 2.06. The molecule has 1 saturated carbocycles. The number of nitrogens with zero attached hydrogens (tertiary/aromatic N) is 1. The second-order valence-corrected chi connectivity index (χ2v) is 4.85. The molecule has 1 aliphatic carbocycles. The number of hydrogen-bond donors (Lipinski definition) is 1. The summed E-state index contributed by atoms with van der Waals surface area (Å²) in [4.78, 5) is 0. The van der Waals surface area contributed by atoms with Gasteiger partial charge in [0.05, 0.1) is 5.92 Å². The summed E-state index contributed by atoms with van der Waals surface area (Å²) in [5.41, 5.74) is 6.52. The Bertz CT molecular complexity index is 406. The van der Waals surface area contributed by atoms with Crippen molar-refractivity contribution in [3.8, 4) is 0 Å². The Morgan fingerprint density at radius 3 is 2.39 bits per heavy atom. The third-order valence-corrected chi connectivity index (χ3v) is 3.76. The topological polar surface area (TPSA) is 52.0 Å². The zero-order valence-electron chi connectivity index (χ0n) is 10.3. The lowest BCUT2D eigenvalue weighted by Crippen LogP contribution is -2.27. The average Bonchev–Trinajstić information content (AvgIpc) is 2.69. The predicted molar refractivity (Wildman–Crippen MR) is 61.0 cm³/mol. The van der Waals surface area contributed by atoms with Crippen LogP contribution in [-0.4, -0.2) is 11.3 Å². The van der Waals surface area contributed by atoms with Crippen LogP contribution in [0.3, 0.4) is 0 Å². The number of hydrogen-bond acceptors (Lipinski definition) is 3. The van der Waals surface area contributed by atoms with Gasteiger partial charge in [-0.1, -0.05) is 12.1 Å². The molecule has 102 valence electrons. The van der Waals surface area contributed by atoms with Gasteiger partial charge in [0.25, 0.3) is 0 Å². The fourth-order valence-corrected chi connectivity index (χ4v) is 2.69. The summed E-state index contributed by atoms with van der Waals surface area (Å²) in [6.07, 6.45) is -2.06. The summed E-state index contributed by atoms with van der Waals surface area (Å²) < 4.78 is 42.9. The zero-order valence-corrected chi connectivity index (χ0v) is 10.3. The summed E-state index contributed by atoms with van der Waals surface area (Å²) in [5, 5.41) is 3.71. The second-order valence-electron chi connectivity index (χ2n) is 4.85. The van der Waals surface area contributed by atoms with Gasteiger partial charge in [-0.2, -0.15) is 13.2 Å². The van der Waals surface area contributed by atoms with Crippen LogP contribution in [0.4, 0.5) is 19.0 Å². The Labute approximate surface area is 104 Å². The van der Waals surface area contributed by atoms with Gasteiger partial charge in [-0.15, -0.1) is 0 Å². The minimum Gasteiger partial charge on any atom is -0.381 e. The van der Waals surface area contributed by atoms with E-state index in [2.05, 4.69) is 5.16 Å². The molecule has 0 unspecified atom stereocenters. The van der Waals surface area contributed by atoms with Crippen molar-refractivity contribution >= 4 is 5.82 Å². The average molecular weight is 262 g/mol. The molecular weight excluding hydrogens is 245 g/mol. The molecule has 0 radical (unpaired) electrons. The summed E-state index contributed by atoms with van der Waals surface area (Å²) in [6.45, 7) is 1.94. The molecule has 1 heterocycles. The summed E-state index contributed by atoms with van der Waals surface area (Å²) in [5.74, 6) is -0.0801. The van der Waals surface area contributed by atoms with Crippen molar-refractivity contribution in [2.24, 2.45) is 5.92 Å². The monoisotopic (exact) mass is 262 g/mol. The second kappa shape index (κ2) is 4.82. The quantitative estimate of drug-likeness (QED) is 0.885. The highest BCUT2D eigenvalue weighted by Gasteiger charge is 2.42. The molecule has 0 aromatic carbocycles. The molecule has 1 aromatic heterocycles. The van der Waals surface area contributed by atoms with Gasteiger partial charge < -0.3 is 10.3 Å². The molecule has 18 heavy (non-hydrogen) atoms. The largest absolute Gasteiger partial charge is 0.391 e. The summed E-state index contributed by atoms with van der Waals surface area (Å²) in [7, 11) is 0. The van der Waals surface area contributed by atoms with Gasteiger partial charge in [0, 0.05) is 11.5 Å². The van der Waals surface area contributed by atoms with Crippen LogP contribution in [-0.2, 0) is 6.42 Å². The Morgan fingerprint density at radius 1 is 1.28 bits per heavy atom. The molecule has 1 fully saturated rings. The molecule has 1 aromatic rings. The molecule has 0 atom stereocenters. The minimum atomic E-state index is -4.07. The van der Waals surface area contributed by atoms with Crippen molar-refractivity contribution in [1.29, 1.82) is 0 Å². The fourth-order valence-electron chi connectivity index (χ4n) is 2.69. The van der Waals surface area contributed by atoms with E-state index in [1.807, 2.05) is 6.92 Å². The van der Waals surface area contributed by atoms with E-state index >= 15 is 0 Å². The van der Waals surface area contributed by atoms with Crippen LogP contribution < -0.4 is 5.73 Å². The lowest BCUT2D eigenvalue weighted by atomic mass is 9.79. The molecule has 0 aliphatic heterocycles. The van der Waals surface area contributed by atoms with Gasteiger partial charge in [0.15, 0.2) is 5.82 Å². The number of alkyl halides is 3. The van der Waals surface area contributed by atoms with Crippen LogP contribution in [0, 0.1) is 5.92 Å². The van der Waals surface area contributed by atoms with E-state index in [-0.39, 0.29) is 18.8 Å². The summed E-state index contributed by atoms with van der Waals surface area (Å²) >= 11 is 0. The van der Waals surface area contributed by atoms with E-state index in [1.54, 1.807) is 0 Å². The highest BCUT2D eigenvalue weighted by molar-refractivity contribution is 5.41. The highest BCUT2D eigenvalue weighted by Crippen LogP contribution is 2.44. The van der Waals surface area contributed by atoms with Crippen molar-refractivity contribution in [2.75, 3.05) is 5.73 Å². The van der Waals surface area contributed by atoms with Gasteiger partial charge in [-0.05, 0) is 32.1 Å². The molecule has 0 spiro atoms. The van der Waals surface area contributed by atoms with Gasteiger partial charge in [-0.3, -0.25) is 0 Å². The van der Waals surface area contributed by atoms with E-state index < -0.39 is 12.1 Å². The van der Waals surface area contributed by atoms with Crippen LogP contribution in [0.1, 0.15) is 49.8 Å². The van der Waals surface area contributed by atoms with Crippen LogP contribution in [0.2, 0.25) is 0 Å². The van der Waals surface area contributed by atoms with E-state index in [1.165, 1.54) is 0 Å². The molecule has 2 N–H and O–H groups in total. The van der Waals surface area contributed by atoms with Crippen LogP contribution in [0.25, 0.3) is 0 Å². The van der Waals surface area contributed by atoms with Crippen LogP contribution in [0.5, 0.6) is 0 Å². The Hall–Kier alpha value is -1.20. The van der Waals surface area contributed by atoms with Crippen molar-refractivity contribution < 1.29 is 17.7 Å². The maximum atomic E-state index is 12.6. The van der Waals surface area contributed by atoms with E-state index in [9.17, 15) is 13.2 Å². The standard InChI is InChI=1S/C12H17F3N2O/c1-2-9-10(18-17-11(9)16)7-3-5-8(6-4-7)12(13,14)15/h7-8H,2-6H2,1H3,(H2,16,17). The van der Waals surface area contributed by atoms with Crippen LogP contribution in [0.15, 0.2) is 4.52 Å². The van der Waals surface area contributed by atoms with Crippen molar-refractivity contribution in [1.82, 2.24) is 5.16 Å². The van der Waals surface area contributed by atoms with Gasteiger partial charge in [0.1, 0.15) is 5.76 Å². The first-order valence-electron chi connectivity index (χ1n) is 6.24. The minimum absolute atomic E-state index is 0.0309. The van der Waals surface area contributed by atoms with E-state index in [4.69, 9.17) is 10.3 Å². The molecule has 6 heteroatoms. The van der Waals surface area contributed by atoms with Crippen molar-refractivity contribution in [2.45, 2.75) is 51.1 Å². The number of nitrogen functional groups attached to an aromatic ring is 1. The fraction of sp³-hybridized carbons (Fsp3) is 0.750. The zero-order chi connectivity index (χ0) is 13.3. The third-order valence-electron chi connectivity index (χ3n) is 3.76. The SMILES string of the molecule is CCc1c(N)noc1C1CCC(C(F)(F)F)CC1. The Kier molecular flexibility index (Phi) is 3.54. The first kappa shape index (κ1) is 13.2. The third kappa shape index (κ3) is 2.47. The first-order chi connectivity index (χ1) is 8.43. The molecular formula is C12H17F3N2O. The highest BCUT2D eigenvalue weighted by atomic mass is 19.4. The Morgan fingerprint density at radius 2 is 1.89 bits per heavy atom. The van der Waals surface area contributed by atoms with E-state index in [0.29, 0.717) is 30.8 Å². The maximum absolute atomic E-state index is 12.6. The summed E-state index contributed by atoms with van der Waals surface area (Å²) in [6, 6.07) is 0. The molecule has 0 amide bonds. The van der Waals surface area contributed by atoms with Gasteiger partial charge in [0.2, 0.25) is 0 Å². The molecule has 0 saturated heterocycles. The molecule has 1 aliphatic rings. The number of halogens is 3. The lowest BCUT2D eigenvalue weighted by Gasteiger charge is -2.28. The van der Waals surface area contributed by atoms with Crippen molar-refractivity contribution in [3.05, 3.63) is 11.3 Å². The maximum Gasteiger partial charge on any atom is 0.391 e. The molecule has 3 nitrogen and oxygen atoms in total. The normalized spacial score (nSPS) is 25.3. The molecule has 2 rings (SSSR count). The first-order valence-corrected chi connectivity index (χ1v) is 6.24. The predicted octanol–water partition coefficient (Wildman–Crippen LogP) is 3.66. The number of anilines is 1. The van der Waals surface area contributed by atoms with Crippen LogP contribution >= 0.6 is 0 Å². The van der Waals surface area contributed by atoms with E-state index in [0.717, 1.165) is 5.56 Å².